The summed E-state index contributed by atoms with van der Waals surface area (Å²) in [5, 5.41) is 0. The first-order chi connectivity index (χ1) is 10.1. The van der Waals surface area contributed by atoms with E-state index in [0.717, 1.165) is 5.56 Å². The zero-order valence-electron chi connectivity index (χ0n) is 11.2. The highest BCUT2D eigenvalue weighted by atomic mass is 19.1. The van der Waals surface area contributed by atoms with Crippen LogP contribution in [-0.4, -0.2) is 18.7 Å². The number of nitrogen functional groups attached to an aromatic ring is 1. The Bertz CT molecular complexity index is 687. The summed E-state index contributed by atoms with van der Waals surface area (Å²) in [7, 11) is 0. The monoisotopic (exact) mass is 287 g/mol. The van der Waals surface area contributed by atoms with Crippen molar-refractivity contribution in [3.63, 3.8) is 0 Å². The number of benzene rings is 2. The number of carbonyl (C=O) groups is 1. The van der Waals surface area contributed by atoms with Gasteiger partial charge in [0.2, 0.25) is 0 Å². The van der Waals surface area contributed by atoms with Crippen LogP contribution in [0.4, 0.5) is 10.1 Å². The van der Waals surface area contributed by atoms with Gasteiger partial charge in [-0.3, -0.25) is 0 Å². The first-order valence-corrected chi connectivity index (χ1v) is 6.60. The maximum Gasteiger partial charge on any atom is 0.340 e. The van der Waals surface area contributed by atoms with Crippen LogP contribution < -0.4 is 10.5 Å². The van der Waals surface area contributed by atoms with E-state index >= 15 is 0 Å². The fourth-order valence-corrected chi connectivity index (χ4v) is 2.31. The van der Waals surface area contributed by atoms with Crippen molar-refractivity contribution in [2.75, 3.05) is 12.3 Å². The van der Waals surface area contributed by atoms with Crippen molar-refractivity contribution >= 4 is 11.7 Å². The Hall–Kier alpha value is -2.56. The van der Waals surface area contributed by atoms with Crippen LogP contribution in [0.1, 0.15) is 15.9 Å². The van der Waals surface area contributed by atoms with Gasteiger partial charge in [-0.15, -0.1) is 0 Å². The molecule has 2 N–H and O–H groups in total. The Morgan fingerprint density at radius 3 is 2.95 bits per heavy atom. The SMILES string of the molecule is Nc1ccccc1C(=O)OCC1Cc2cc(F)ccc2O1. The fourth-order valence-electron chi connectivity index (χ4n) is 2.31. The van der Waals surface area contributed by atoms with E-state index in [1.165, 1.54) is 12.1 Å². The summed E-state index contributed by atoms with van der Waals surface area (Å²) in [6.07, 6.45) is 0.223. The molecule has 1 unspecified atom stereocenters. The number of fused-ring (bicyclic) bond motifs is 1. The van der Waals surface area contributed by atoms with E-state index in [1.54, 1.807) is 30.3 Å². The van der Waals surface area contributed by atoms with E-state index in [9.17, 15) is 9.18 Å². The topological polar surface area (TPSA) is 61.6 Å². The molecular weight excluding hydrogens is 273 g/mol. The predicted octanol–water partition coefficient (Wildman–Crippen LogP) is 2.57. The lowest BCUT2D eigenvalue weighted by atomic mass is 10.1. The molecule has 0 amide bonds. The number of para-hydroxylation sites is 1. The Balaban J connectivity index is 1.60. The van der Waals surface area contributed by atoms with Crippen LogP contribution in [0, 0.1) is 5.82 Å². The van der Waals surface area contributed by atoms with Crippen molar-refractivity contribution in [2.24, 2.45) is 0 Å². The van der Waals surface area contributed by atoms with Crippen molar-refractivity contribution in [3.05, 3.63) is 59.4 Å². The standard InChI is InChI=1S/C16H14FNO3/c17-11-5-6-15-10(7-11)8-12(21-15)9-20-16(19)13-3-1-2-4-14(13)18/h1-7,12H,8-9,18H2. The van der Waals surface area contributed by atoms with Gasteiger partial charge in [-0.25, -0.2) is 9.18 Å². The predicted molar refractivity (Wildman–Crippen MR) is 75.7 cm³/mol. The number of halogens is 1. The lowest BCUT2D eigenvalue weighted by Gasteiger charge is -2.12. The van der Waals surface area contributed by atoms with Gasteiger partial charge < -0.3 is 15.2 Å². The quantitative estimate of drug-likeness (QED) is 0.696. The largest absolute Gasteiger partial charge is 0.486 e. The second-order valence-corrected chi connectivity index (χ2v) is 4.88. The van der Waals surface area contributed by atoms with Gasteiger partial charge >= 0.3 is 5.97 Å². The van der Waals surface area contributed by atoms with Gasteiger partial charge in [0.05, 0.1) is 5.56 Å². The van der Waals surface area contributed by atoms with Gasteiger partial charge in [-0.05, 0) is 30.3 Å². The third kappa shape index (κ3) is 2.81. The average Bonchev–Trinajstić information content (AvgIpc) is 2.87. The summed E-state index contributed by atoms with van der Waals surface area (Å²) in [6, 6.07) is 11.1. The molecule has 21 heavy (non-hydrogen) atoms. The van der Waals surface area contributed by atoms with E-state index in [1.807, 2.05) is 0 Å². The second kappa shape index (κ2) is 5.44. The molecule has 1 heterocycles. The molecule has 1 aliphatic rings. The number of hydrogen-bond acceptors (Lipinski definition) is 4. The molecule has 0 bridgehead atoms. The highest BCUT2D eigenvalue weighted by Gasteiger charge is 2.25. The van der Waals surface area contributed by atoms with Gasteiger partial charge in [0.15, 0.2) is 0 Å². The molecule has 0 saturated heterocycles. The van der Waals surface area contributed by atoms with Crippen LogP contribution >= 0.6 is 0 Å². The summed E-state index contributed by atoms with van der Waals surface area (Å²) in [5.74, 6) is -0.150. The summed E-state index contributed by atoms with van der Waals surface area (Å²) < 4.78 is 23.9. The molecule has 1 atom stereocenters. The Kier molecular flexibility index (Phi) is 3.48. The lowest BCUT2D eigenvalue weighted by molar-refractivity contribution is 0.0348. The smallest absolute Gasteiger partial charge is 0.340 e. The van der Waals surface area contributed by atoms with Gasteiger partial charge in [-0.2, -0.15) is 0 Å². The Morgan fingerprint density at radius 2 is 2.14 bits per heavy atom. The number of rotatable bonds is 3. The van der Waals surface area contributed by atoms with Crippen LogP contribution in [0.5, 0.6) is 5.75 Å². The molecule has 2 aromatic carbocycles. The van der Waals surface area contributed by atoms with Crippen LogP contribution in [0.25, 0.3) is 0 Å². The summed E-state index contributed by atoms with van der Waals surface area (Å²) >= 11 is 0. The molecular formula is C16H14FNO3. The highest BCUT2D eigenvalue weighted by molar-refractivity contribution is 5.94. The number of carbonyl (C=O) groups excluding carboxylic acids is 1. The fraction of sp³-hybridized carbons (Fsp3) is 0.188. The molecule has 3 rings (SSSR count). The Labute approximate surface area is 121 Å². The zero-order chi connectivity index (χ0) is 14.8. The van der Waals surface area contributed by atoms with Crippen LogP contribution in [0.15, 0.2) is 42.5 Å². The van der Waals surface area contributed by atoms with Crippen molar-refractivity contribution in [2.45, 2.75) is 12.5 Å². The number of nitrogens with two attached hydrogens (primary N) is 1. The zero-order valence-corrected chi connectivity index (χ0v) is 11.2. The molecule has 0 spiro atoms. The molecule has 4 nitrogen and oxygen atoms in total. The molecule has 108 valence electrons. The summed E-state index contributed by atoms with van der Waals surface area (Å²) in [4.78, 5) is 11.9. The number of ether oxygens (including phenoxy) is 2. The Morgan fingerprint density at radius 1 is 1.33 bits per heavy atom. The molecule has 0 aliphatic carbocycles. The maximum absolute atomic E-state index is 13.1. The van der Waals surface area contributed by atoms with Crippen LogP contribution in [0.2, 0.25) is 0 Å². The van der Waals surface area contributed by atoms with Gasteiger partial charge in [0, 0.05) is 17.7 Å². The summed E-state index contributed by atoms with van der Waals surface area (Å²) in [5.41, 5.74) is 7.21. The lowest BCUT2D eigenvalue weighted by Crippen LogP contribution is -2.23. The third-order valence-electron chi connectivity index (χ3n) is 3.34. The number of esters is 1. The van der Waals surface area contributed by atoms with E-state index in [-0.39, 0.29) is 18.5 Å². The third-order valence-corrected chi connectivity index (χ3v) is 3.34. The minimum Gasteiger partial charge on any atom is -0.486 e. The molecule has 0 aromatic heterocycles. The summed E-state index contributed by atoms with van der Waals surface area (Å²) in [6.45, 7) is 0.101. The van der Waals surface area contributed by atoms with Gasteiger partial charge in [0.25, 0.3) is 0 Å². The molecule has 1 aliphatic heterocycles. The maximum atomic E-state index is 13.1. The molecule has 0 radical (unpaired) electrons. The average molecular weight is 287 g/mol. The minimum absolute atomic E-state index is 0.101. The molecule has 2 aromatic rings. The van der Waals surface area contributed by atoms with Gasteiger partial charge in [0.1, 0.15) is 24.3 Å². The van der Waals surface area contributed by atoms with E-state index in [4.69, 9.17) is 15.2 Å². The number of hydrogen-bond donors (Lipinski definition) is 1. The normalized spacial score (nSPS) is 16.1. The van der Waals surface area contributed by atoms with E-state index < -0.39 is 5.97 Å². The minimum atomic E-state index is -0.487. The van der Waals surface area contributed by atoms with Crippen molar-refractivity contribution in [1.29, 1.82) is 0 Å². The first kappa shape index (κ1) is 13.4. The van der Waals surface area contributed by atoms with Crippen LogP contribution in [-0.2, 0) is 11.2 Å². The highest BCUT2D eigenvalue weighted by Crippen LogP contribution is 2.29. The molecule has 5 heteroatoms. The van der Waals surface area contributed by atoms with Crippen molar-refractivity contribution in [1.82, 2.24) is 0 Å². The first-order valence-electron chi connectivity index (χ1n) is 6.60. The van der Waals surface area contributed by atoms with Gasteiger partial charge in [-0.1, -0.05) is 12.1 Å². The van der Waals surface area contributed by atoms with Crippen molar-refractivity contribution in [3.8, 4) is 5.75 Å². The molecule has 0 saturated carbocycles. The molecule has 0 fully saturated rings. The number of anilines is 1. The van der Waals surface area contributed by atoms with Crippen LogP contribution in [0.3, 0.4) is 0 Å². The van der Waals surface area contributed by atoms with E-state index in [2.05, 4.69) is 0 Å². The van der Waals surface area contributed by atoms with Crippen molar-refractivity contribution < 1.29 is 18.7 Å². The second-order valence-electron chi connectivity index (χ2n) is 4.88. The van der Waals surface area contributed by atoms with E-state index in [0.29, 0.717) is 23.4 Å².